The van der Waals surface area contributed by atoms with E-state index in [0.29, 0.717) is 19.0 Å². The van der Waals surface area contributed by atoms with Gasteiger partial charge in [0.15, 0.2) is 0 Å². The maximum absolute atomic E-state index is 12.6. The predicted molar refractivity (Wildman–Crippen MR) is 98.8 cm³/mol. The van der Waals surface area contributed by atoms with Gasteiger partial charge in [0.05, 0.1) is 12.2 Å². The Morgan fingerprint density at radius 2 is 2.08 bits per heavy atom. The van der Waals surface area contributed by atoms with E-state index >= 15 is 0 Å². The second-order valence-electron chi connectivity index (χ2n) is 8.43. The van der Waals surface area contributed by atoms with Gasteiger partial charge in [-0.25, -0.2) is 0 Å². The summed E-state index contributed by atoms with van der Waals surface area (Å²) in [5.41, 5.74) is 0.850. The number of aromatic nitrogens is 2. The van der Waals surface area contributed by atoms with E-state index in [1.165, 1.54) is 0 Å². The molecule has 1 N–H and O–H groups in total. The lowest BCUT2D eigenvalue weighted by molar-refractivity contribution is -0.139. The molecule has 1 aromatic rings. The molecule has 0 bridgehead atoms. The fourth-order valence-electron chi connectivity index (χ4n) is 3.51. The summed E-state index contributed by atoms with van der Waals surface area (Å²) in [6.45, 7) is 6.46. The Balaban J connectivity index is 1.74. The minimum Gasteiger partial charge on any atom is -0.345 e. The van der Waals surface area contributed by atoms with Crippen LogP contribution in [0.4, 0.5) is 0 Å². The highest BCUT2D eigenvalue weighted by Gasteiger charge is 2.44. The highest BCUT2D eigenvalue weighted by atomic mass is 16.2. The summed E-state index contributed by atoms with van der Waals surface area (Å²) >= 11 is 0. The molecule has 1 aliphatic carbocycles. The van der Waals surface area contributed by atoms with E-state index in [2.05, 4.69) is 22.3 Å². The van der Waals surface area contributed by atoms with Crippen LogP contribution in [0.15, 0.2) is 12.4 Å². The number of nitrogens with zero attached hydrogens (tertiary/aromatic N) is 3. The lowest BCUT2D eigenvalue weighted by atomic mass is 9.85. The molecular formula is C20H28N4O2. The number of piperidine rings is 1. The minimum absolute atomic E-state index is 0.0201. The molecule has 0 unspecified atom stereocenters. The topological polar surface area (TPSA) is 67.2 Å². The zero-order chi connectivity index (χ0) is 18.9. The normalized spacial score (nSPS) is 23.4. The van der Waals surface area contributed by atoms with Gasteiger partial charge in [0.2, 0.25) is 5.91 Å². The molecule has 1 aromatic heterocycles. The third kappa shape index (κ3) is 4.46. The van der Waals surface area contributed by atoms with E-state index in [4.69, 9.17) is 0 Å². The molecular weight excluding hydrogens is 328 g/mol. The van der Waals surface area contributed by atoms with Crippen molar-refractivity contribution in [1.82, 2.24) is 20.0 Å². The smallest absolute Gasteiger partial charge is 0.295 e. The summed E-state index contributed by atoms with van der Waals surface area (Å²) in [7, 11) is 1.88. The average molecular weight is 356 g/mol. The van der Waals surface area contributed by atoms with Gasteiger partial charge in [0.25, 0.3) is 5.91 Å². The molecule has 2 heterocycles. The van der Waals surface area contributed by atoms with E-state index in [-0.39, 0.29) is 29.2 Å². The third-order valence-electron chi connectivity index (χ3n) is 4.85. The van der Waals surface area contributed by atoms with E-state index < -0.39 is 0 Å². The SMILES string of the molecule is Cn1cc([C@@H]2[C@@H](CNC(=O)C#CC(C)(C)C)CCC(=O)N2C2CC2)cn1. The number of likely N-dealkylation sites (tertiary alicyclic amines) is 1. The minimum atomic E-state index is -0.250. The van der Waals surface area contributed by atoms with Gasteiger partial charge in [-0.2, -0.15) is 5.10 Å². The van der Waals surface area contributed by atoms with Gasteiger partial charge in [-0.15, -0.1) is 0 Å². The highest BCUT2D eigenvalue weighted by molar-refractivity contribution is 5.93. The second-order valence-corrected chi connectivity index (χ2v) is 8.43. The first kappa shape index (κ1) is 18.5. The van der Waals surface area contributed by atoms with Gasteiger partial charge in [-0.3, -0.25) is 14.3 Å². The van der Waals surface area contributed by atoms with Crippen molar-refractivity contribution in [3.63, 3.8) is 0 Å². The number of hydrogen-bond acceptors (Lipinski definition) is 3. The monoisotopic (exact) mass is 356 g/mol. The number of aryl methyl sites for hydroxylation is 1. The van der Waals surface area contributed by atoms with Crippen LogP contribution in [0.1, 0.15) is 58.1 Å². The largest absolute Gasteiger partial charge is 0.345 e. The highest BCUT2D eigenvalue weighted by Crippen LogP contribution is 2.43. The molecule has 3 rings (SSSR count). The molecule has 0 spiro atoms. The summed E-state index contributed by atoms with van der Waals surface area (Å²) in [6, 6.07) is 0.320. The first-order valence-electron chi connectivity index (χ1n) is 9.35. The van der Waals surface area contributed by atoms with Crippen LogP contribution in [0.3, 0.4) is 0 Å². The molecule has 1 aliphatic heterocycles. The van der Waals surface area contributed by atoms with E-state index in [0.717, 1.165) is 24.8 Å². The standard InChI is InChI=1S/C20H28N4O2/c1-20(2,3)10-9-17(25)21-11-14-5-8-18(26)24(16-6-7-16)19(14)15-12-22-23(4)13-15/h12-14,16,19H,5-8,11H2,1-4H3,(H,21,25)/t14-,19+/m1/s1. The Bertz CT molecular complexity index is 746. The van der Waals surface area contributed by atoms with Crippen LogP contribution in [0, 0.1) is 23.2 Å². The Hall–Kier alpha value is -2.29. The quantitative estimate of drug-likeness (QED) is 0.840. The van der Waals surface area contributed by atoms with Crippen LogP contribution in [0.25, 0.3) is 0 Å². The molecule has 6 nitrogen and oxygen atoms in total. The molecule has 0 radical (unpaired) electrons. The van der Waals surface area contributed by atoms with Gasteiger partial charge in [0, 0.05) is 49.1 Å². The Kier molecular flexibility index (Phi) is 5.08. The number of carbonyl (C=O) groups is 2. The number of nitrogens with one attached hydrogen (secondary N) is 1. The lowest BCUT2D eigenvalue weighted by Gasteiger charge is -2.41. The van der Waals surface area contributed by atoms with Crippen LogP contribution in [-0.4, -0.2) is 39.1 Å². The molecule has 0 aromatic carbocycles. The van der Waals surface area contributed by atoms with Crippen molar-refractivity contribution in [3.8, 4) is 11.8 Å². The average Bonchev–Trinajstić information content (AvgIpc) is 3.31. The number of amides is 2. The fourth-order valence-corrected chi connectivity index (χ4v) is 3.51. The van der Waals surface area contributed by atoms with Crippen molar-refractivity contribution in [2.75, 3.05) is 6.54 Å². The summed E-state index contributed by atoms with van der Waals surface area (Å²) in [4.78, 5) is 26.7. The molecule has 2 atom stereocenters. The molecule has 1 saturated carbocycles. The van der Waals surface area contributed by atoms with Crippen molar-refractivity contribution in [2.45, 2.75) is 58.5 Å². The maximum atomic E-state index is 12.6. The number of hydrogen-bond donors (Lipinski definition) is 1. The predicted octanol–water partition coefficient (Wildman–Crippen LogP) is 2.03. The van der Waals surface area contributed by atoms with Crippen molar-refractivity contribution in [1.29, 1.82) is 0 Å². The van der Waals surface area contributed by atoms with Crippen molar-refractivity contribution < 1.29 is 9.59 Å². The van der Waals surface area contributed by atoms with Gasteiger partial charge >= 0.3 is 0 Å². The van der Waals surface area contributed by atoms with Gasteiger partial charge in [-0.1, -0.05) is 5.92 Å². The van der Waals surface area contributed by atoms with Crippen molar-refractivity contribution >= 4 is 11.8 Å². The second kappa shape index (κ2) is 7.14. The molecule has 26 heavy (non-hydrogen) atoms. The summed E-state index contributed by atoms with van der Waals surface area (Å²) in [6.07, 6.45) is 7.27. The van der Waals surface area contributed by atoms with Crippen LogP contribution in [0.2, 0.25) is 0 Å². The third-order valence-corrected chi connectivity index (χ3v) is 4.85. The fraction of sp³-hybridized carbons (Fsp3) is 0.650. The summed E-state index contributed by atoms with van der Waals surface area (Å²) < 4.78 is 1.77. The molecule has 2 aliphatic rings. The first-order valence-corrected chi connectivity index (χ1v) is 9.35. The summed E-state index contributed by atoms with van der Waals surface area (Å²) in [5, 5.41) is 7.23. The van der Waals surface area contributed by atoms with Crippen LogP contribution in [-0.2, 0) is 16.6 Å². The number of rotatable bonds is 4. The lowest BCUT2D eigenvalue weighted by Crippen LogP contribution is -2.47. The Morgan fingerprint density at radius 3 is 2.65 bits per heavy atom. The van der Waals surface area contributed by atoms with Crippen LogP contribution in [0.5, 0.6) is 0 Å². The molecule has 1 saturated heterocycles. The molecule has 6 heteroatoms. The van der Waals surface area contributed by atoms with Crippen LogP contribution >= 0.6 is 0 Å². The number of carbonyl (C=O) groups excluding carboxylic acids is 2. The molecule has 140 valence electrons. The van der Waals surface area contributed by atoms with Crippen molar-refractivity contribution in [3.05, 3.63) is 18.0 Å². The zero-order valence-corrected chi connectivity index (χ0v) is 16.1. The van der Waals surface area contributed by atoms with Gasteiger partial charge in [0.1, 0.15) is 0 Å². The van der Waals surface area contributed by atoms with Crippen molar-refractivity contribution in [2.24, 2.45) is 18.4 Å². The van der Waals surface area contributed by atoms with E-state index in [1.54, 1.807) is 4.68 Å². The molecule has 2 fully saturated rings. The summed E-state index contributed by atoms with van der Waals surface area (Å²) in [5.74, 6) is 5.79. The maximum Gasteiger partial charge on any atom is 0.295 e. The molecule has 2 amide bonds. The Morgan fingerprint density at radius 1 is 1.35 bits per heavy atom. The van der Waals surface area contributed by atoms with Crippen LogP contribution < -0.4 is 5.32 Å². The first-order chi connectivity index (χ1) is 12.2. The zero-order valence-electron chi connectivity index (χ0n) is 16.1. The van der Waals surface area contributed by atoms with Gasteiger partial charge in [-0.05, 0) is 46.0 Å². The van der Waals surface area contributed by atoms with Gasteiger partial charge < -0.3 is 10.2 Å². The Labute approximate surface area is 155 Å². The van der Waals surface area contributed by atoms with E-state index in [1.807, 2.05) is 45.1 Å². The van der Waals surface area contributed by atoms with E-state index in [9.17, 15) is 9.59 Å².